The molecule has 0 saturated heterocycles. The van der Waals surface area contributed by atoms with E-state index in [9.17, 15) is 0 Å². The second-order valence-electron chi connectivity index (χ2n) is 5.54. The Labute approximate surface area is 122 Å². The van der Waals surface area contributed by atoms with Gasteiger partial charge in [0.1, 0.15) is 11.5 Å². The maximum absolute atomic E-state index is 5.87. The fraction of sp³-hybridized carbons (Fsp3) is 0.444. The molecule has 0 spiro atoms. The van der Waals surface area contributed by atoms with Crippen molar-refractivity contribution < 1.29 is 4.42 Å². The van der Waals surface area contributed by atoms with E-state index in [4.69, 9.17) is 4.42 Å². The molecule has 20 heavy (non-hydrogen) atoms. The van der Waals surface area contributed by atoms with E-state index in [-0.39, 0.29) is 6.04 Å². The minimum absolute atomic E-state index is 0.209. The van der Waals surface area contributed by atoms with E-state index in [1.165, 1.54) is 5.56 Å². The lowest BCUT2D eigenvalue weighted by Crippen LogP contribution is -2.27. The van der Waals surface area contributed by atoms with Gasteiger partial charge in [0.05, 0.1) is 6.04 Å². The SMILES string of the molecule is CCC(C)C(c1ccccc1)C(NC)c1ccc(C)o1. The number of likely N-dealkylation sites (N-methyl/N-ethyl adjacent to an activating group) is 1. The van der Waals surface area contributed by atoms with Crippen LogP contribution in [0.2, 0.25) is 0 Å². The molecule has 2 heteroatoms. The van der Waals surface area contributed by atoms with Gasteiger partial charge in [-0.3, -0.25) is 0 Å². The summed E-state index contributed by atoms with van der Waals surface area (Å²) in [4.78, 5) is 0. The Morgan fingerprint density at radius 3 is 2.30 bits per heavy atom. The van der Waals surface area contributed by atoms with Crippen LogP contribution in [0.3, 0.4) is 0 Å². The highest BCUT2D eigenvalue weighted by molar-refractivity contribution is 5.25. The van der Waals surface area contributed by atoms with Crippen molar-refractivity contribution in [2.45, 2.75) is 39.2 Å². The van der Waals surface area contributed by atoms with Gasteiger partial charge in [0.2, 0.25) is 0 Å². The average Bonchev–Trinajstić information content (AvgIpc) is 2.91. The summed E-state index contributed by atoms with van der Waals surface area (Å²) < 4.78 is 5.87. The molecule has 3 atom stereocenters. The van der Waals surface area contributed by atoms with Crippen molar-refractivity contribution in [1.82, 2.24) is 5.32 Å². The number of hydrogen-bond acceptors (Lipinski definition) is 2. The second kappa shape index (κ2) is 6.76. The Morgan fingerprint density at radius 1 is 1.10 bits per heavy atom. The van der Waals surface area contributed by atoms with E-state index in [1.807, 2.05) is 20.0 Å². The molecule has 0 saturated carbocycles. The van der Waals surface area contributed by atoms with Crippen LogP contribution in [0.1, 0.15) is 49.3 Å². The van der Waals surface area contributed by atoms with Crippen molar-refractivity contribution in [1.29, 1.82) is 0 Å². The molecule has 2 aromatic rings. The summed E-state index contributed by atoms with van der Waals surface area (Å²) in [5.74, 6) is 2.99. The van der Waals surface area contributed by atoms with Gasteiger partial charge >= 0.3 is 0 Å². The minimum Gasteiger partial charge on any atom is -0.465 e. The van der Waals surface area contributed by atoms with Crippen molar-refractivity contribution in [3.63, 3.8) is 0 Å². The van der Waals surface area contributed by atoms with Gasteiger partial charge in [-0.2, -0.15) is 0 Å². The molecule has 0 aliphatic heterocycles. The van der Waals surface area contributed by atoms with Gasteiger partial charge in [-0.25, -0.2) is 0 Å². The maximum Gasteiger partial charge on any atom is 0.121 e. The molecule has 1 aromatic heterocycles. The molecule has 1 heterocycles. The monoisotopic (exact) mass is 271 g/mol. The average molecular weight is 271 g/mol. The third kappa shape index (κ3) is 3.13. The number of nitrogens with one attached hydrogen (secondary N) is 1. The first-order valence-electron chi connectivity index (χ1n) is 7.46. The summed E-state index contributed by atoms with van der Waals surface area (Å²) >= 11 is 0. The Bertz CT molecular complexity index is 517. The van der Waals surface area contributed by atoms with Crippen LogP contribution < -0.4 is 5.32 Å². The topological polar surface area (TPSA) is 25.2 Å². The molecule has 0 bridgehead atoms. The van der Waals surface area contributed by atoms with Crippen molar-refractivity contribution in [3.8, 4) is 0 Å². The zero-order valence-corrected chi connectivity index (χ0v) is 12.9. The van der Waals surface area contributed by atoms with E-state index >= 15 is 0 Å². The first kappa shape index (κ1) is 14.9. The smallest absolute Gasteiger partial charge is 0.121 e. The molecule has 1 aromatic carbocycles. The summed E-state index contributed by atoms with van der Waals surface area (Å²) in [5, 5.41) is 3.45. The van der Waals surface area contributed by atoms with Gasteiger partial charge in [-0.15, -0.1) is 0 Å². The van der Waals surface area contributed by atoms with Crippen molar-refractivity contribution in [3.05, 3.63) is 59.5 Å². The van der Waals surface area contributed by atoms with E-state index in [1.54, 1.807) is 0 Å². The second-order valence-corrected chi connectivity index (χ2v) is 5.54. The van der Waals surface area contributed by atoms with Gasteiger partial charge in [0, 0.05) is 5.92 Å². The predicted molar refractivity (Wildman–Crippen MR) is 83.9 cm³/mol. The zero-order chi connectivity index (χ0) is 14.5. The van der Waals surface area contributed by atoms with Crippen LogP contribution >= 0.6 is 0 Å². The third-order valence-corrected chi connectivity index (χ3v) is 4.18. The van der Waals surface area contributed by atoms with Crippen LogP contribution in [0.25, 0.3) is 0 Å². The molecule has 0 aliphatic rings. The van der Waals surface area contributed by atoms with Crippen molar-refractivity contribution in [2.24, 2.45) is 5.92 Å². The Kier molecular flexibility index (Phi) is 5.02. The molecular weight excluding hydrogens is 246 g/mol. The number of benzene rings is 1. The molecule has 3 unspecified atom stereocenters. The highest BCUT2D eigenvalue weighted by Crippen LogP contribution is 2.38. The first-order chi connectivity index (χ1) is 9.67. The van der Waals surface area contributed by atoms with Gasteiger partial charge in [-0.1, -0.05) is 50.6 Å². The quantitative estimate of drug-likeness (QED) is 0.825. The number of aryl methyl sites for hydroxylation is 1. The molecule has 0 amide bonds. The number of rotatable bonds is 6. The Balaban J connectivity index is 2.39. The summed E-state index contributed by atoms with van der Waals surface area (Å²) in [6.45, 7) is 6.56. The standard InChI is InChI=1S/C18H25NO/c1-5-13(2)17(15-9-7-6-8-10-15)18(19-4)16-12-11-14(3)20-16/h6-13,17-19H,5H2,1-4H3. The molecule has 2 rings (SSSR count). The highest BCUT2D eigenvalue weighted by Gasteiger charge is 2.29. The Hall–Kier alpha value is -1.54. The number of hydrogen-bond donors (Lipinski definition) is 1. The summed E-state index contributed by atoms with van der Waals surface area (Å²) in [6.07, 6.45) is 1.15. The van der Waals surface area contributed by atoms with Gasteiger partial charge in [-0.05, 0) is 37.6 Å². The summed E-state index contributed by atoms with van der Waals surface area (Å²) in [6, 6.07) is 15.1. The molecule has 108 valence electrons. The van der Waals surface area contributed by atoms with E-state index in [0.29, 0.717) is 11.8 Å². The lowest BCUT2D eigenvalue weighted by Gasteiger charge is -2.30. The zero-order valence-electron chi connectivity index (χ0n) is 12.9. The van der Waals surface area contributed by atoms with Gasteiger partial charge < -0.3 is 9.73 Å². The van der Waals surface area contributed by atoms with Crippen LogP contribution in [0.15, 0.2) is 46.9 Å². The fourth-order valence-electron chi connectivity index (χ4n) is 2.90. The minimum atomic E-state index is 0.209. The summed E-state index contributed by atoms with van der Waals surface area (Å²) in [5.41, 5.74) is 1.37. The molecular formula is C18H25NO. The number of furan rings is 1. The van der Waals surface area contributed by atoms with Crippen LogP contribution in [-0.2, 0) is 0 Å². The van der Waals surface area contributed by atoms with Crippen LogP contribution in [-0.4, -0.2) is 7.05 Å². The van der Waals surface area contributed by atoms with Gasteiger partial charge in [0.15, 0.2) is 0 Å². The normalized spacial score (nSPS) is 15.8. The Morgan fingerprint density at radius 2 is 1.80 bits per heavy atom. The van der Waals surface area contributed by atoms with Gasteiger partial charge in [0.25, 0.3) is 0 Å². The fourth-order valence-corrected chi connectivity index (χ4v) is 2.90. The molecule has 0 fully saturated rings. The van der Waals surface area contributed by atoms with E-state index in [2.05, 4.69) is 55.6 Å². The lowest BCUT2D eigenvalue weighted by molar-refractivity contribution is 0.308. The van der Waals surface area contributed by atoms with E-state index in [0.717, 1.165) is 17.9 Å². The first-order valence-corrected chi connectivity index (χ1v) is 7.46. The molecule has 1 N–H and O–H groups in total. The lowest BCUT2D eigenvalue weighted by atomic mass is 9.79. The van der Waals surface area contributed by atoms with Crippen molar-refractivity contribution >= 4 is 0 Å². The van der Waals surface area contributed by atoms with E-state index < -0.39 is 0 Å². The third-order valence-electron chi connectivity index (χ3n) is 4.18. The maximum atomic E-state index is 5.87. The van der Waals surface area contributed by atoms with Crippen LogP contribution in [0.4, 0.5) is 0 Å². The van der Waals surface area contributed by atoms with Crippen molar-refractivity contribution in [2.75, 3.05) is 7.05 Å². The summed E-state index contributed by atoms with van der Waals surface area (Å²) in [7, 11) is 2.01. The molecule has 0 aliphatic carbocycles. The highest BCUT2D eigenvalue weighted by atomic mass is 16.3. The largest absolute Gasteiger partial charge is 0.465 e. The molecule has 0 radical (unpaired) electrons. The predicted octanol–water partition coefficient (Wildman–Crippen LogP) is 4.68. The molecule has 2 nitrogen and oxygen atoms in total. The van der Waals surface area contributed by atoms with Crippen LogP contribution in [0, 0.1) is 12.8 Å². The van der Waals surface area contributed by atoms with Crippen LogP contribution in [0.5, 0.6) is 0 Å².